The lowest BCUT2D eigenvalue weighted by atomic mass is 9.92. The second kappa shape index (κ2) is 3.04. The molecule has 1 N–H and O–H groups in total. The van der Waals surface area contributed by atoms with Crippen molar-refractivity contribution in [2.24, 2.45) is 0 Å². The van der Waals surface area contributed by atoms with Crippen molar-refractivity contribution < 1.29 is 14.2 Å². The molecule has 1 fully saturated rings. The molecule has 70 valence electrons. The maximum absolute atomic E-state index is 12.8. The summed E-state index contributed by atoms with van der Waals surface area (Å²) in [6, 6.07) is 4.48. The Morgan fingerprint density at radius 2 is 2.15 bits per heavy atom. The molecule has 1 aliphatic rings. The molecule has 1 aliphatic heterocycles. The number of ether oxygens (including phenoxy) is 1. The van der Waals surface area contributed by atoms with E-state index in [9.17, 15) is 9.50 Å². The third-order valence-electron chi connectivity index (χ3n) is 2.14. The first kappa shape index (κ1) is 9.12. The van der Waals surface area contributed by atoms with E-state index in [4.69, 9.17) is 4.74 Å². The highest BCUT2D eigenvalue weighted by Gasteiger charge is 2.38. The van der Waals surface area contributed by atoms with Gasteiger partial charge in [0.05, 0.1) is 17.7 Å². The zero-order valence-corrected chi connectivity index (χ0v) is 8.34. The Morgan fingerprint density at radius 1 is 1.46 bits per heavy atom. The number of hydrogen-bond acceptors (Lipinski definition) is 2. The van der Waals surface area contributed by atoms with Crippen molar-refractivity contribution in [3.05, 3.63) is 34.1 Å². The molecule has 0 unspecified atom stereocenters. The fraction of sp³-hybridized carbons (Fsp3) is 0.333. The van der Waals surface area contributed by atoms with Crippen LogP contribution in [0.2, 0.25) is 0 Å². The highest BCUT2D eigenvalue weighted by molar-refractivity contribution is 9.10. The summed E-state index contributed by atoms with van der Waals surface area (Å²) >= 11 is 3.06. The number of hydrogen-bond donors (Lipinski definition) is 1. The molecule has 1 aromatic carbocycles. The topological polar surface area (TPSA) is 29.5 Å². The van der Waals surface area contributed by atoms with Gasteiger partial charge in [-0.3, -0.25) is 0 Å². The van der Waals surface area contributed by atoms with E-state index in [0.29, 0.717) is 10.0 Å². The van der Waals surface area contributed by atoms with Crippen LogP contribution in [0.25, 0.3) is 0 Å². The van der Waals surface area contributed by atoms with E-state index in [2.05, 4.69) is 15.9 Å². The highest BCUT2D eigenvalue weighted by atomic mass is 79.9. The molecule has 0 amide bonds. The summed E-state index contributed by atoms with van der Waals surface area (Å²) in [6.07, 6.45) is 0. The van der Waals surface area contributed by atoms with Gasteiger partial charge < -0.3 is 9.84 Å². The number of benzene rings is 1. The molecule has 0 radical (unpaired) electrons. The van der Waals surface area contributed by atoms with Gasteiger partial charge in [0, 0.05) is 0 Å². The molecule has 2 rings (SSSR count). The SMILES string of the molecule is OC1(c2ccc(F)c(Br)c2)COC1. The van der Waals surface area contributed by atoms with Crippen LogP contribution < -0.4 is 0 Å². The Balaban J connectivity index is 2.36. The molecular formula is C9H8BrFO2. The van der Waals surface area contributed by atoms with Crippen LogP contribution in [0.5, 0.6) is 0 Å². The van der Waals surface area contributed by atoms with Crippen LogP contribution in [0.1, 0.15) is 5.56 Å². The van der Waals surface area contributed by atoms with Crippen LogP contribution in [0, 0.1) is 5.82 Å². The summed E-state index contributed by atoms with van der Waals surface area (Å²) < 4.78 is 18.1. The third kappa shape index (κ3) is 1.49. The summed E-state index contributed by atoms with van der Waals surface area (Å²) in [6.45, 7) is 0.566. The van der Waals surface area contributed by atoms with E-state index in [1.807, 2.05) is 0 Å². The summed E-state index contributed by atoms with van der Waals surface area (Å²) in [4.78, 5) is 0. The molecule has 0 spiro atoms. The molecule has 0 bridgehead atoms. The van der Waals surface area contributed by atoms with Gasteiger partial charge in [0.15, 0.2) is 0 Å². The van der Waals surface area contributed by atoms with Gasteiger partial charge in [-0.2, -0.15) is 0 Å². The van der Waals surface area contributed by atoms with Gasteiger partial charge in [0.1, 0.15) is 11.4 Å². The minimum Gasteiger partial charge on any atom is -0.380 e. The lowest BCUT2D eigenvalue weighted by Crippen LogP contribution is -2.46. The number of halogens is 2. The molecule has 13 heavy (non-hydrogen) atoms. The zero-order valence-electron chi connectivity index (χ0n) is 6.76. The van der Waals surface area contributed by atoms with Crippen LogP contribution in [-0.2, 0) is 10.3 Å². The first-order chi connectivity index (χ1) is 6.12. The van der Waals surface area contributed by atoms with E-state index >= 15 is 0 Å². The van der Waals surface area contributed by atoms with Crippen LogP contribution in [0.3, 0.4) is 0 Å². The molecule has 1 heterocycles. The first-order valence-electron chi connectivity index (χ1n) is 3.87. The zero-order chi connectivity index (χ0) is 9.47. The fourth-order valence-corrected chi connectivity index (χ4v) is 1.63. The Kier molecular flexibility index (Phi) is 2.14. The predicted molar refractivity (Wildman–Crippen MR) is 48.8 cm³/mol. The predicted octanol–water partition coefficient (Wildman–Crippen LogP) is 1.81. The average Bonchev–Trinajstić information content (AvgIpc) is 2.06. The van der Waals surface area contributed by atoms with Crippen LogP contribution in [-0.4, -0.2) is 18.3 Å². The van der Waals surface area contributed by atoms with E-state index in [0.717, 1.165) is 0 Å². The average molecular weight is 247 g/mol. The second-order valence-electron chi connectivity index (χ2n) is 3.15. The normalized spacial score (nSPS) is 19.6. The van der Waals surface area contributed by atoms with E-state index in [1.54, 1.807) is 12.1 Å². The first-order valence-corrected chi connectivity index (χ1v) is 4.67. The molecule has 0 saturated carbocycles. The standard InChI is InChI=1S/C9H8BrFO2/c10-7-3-6(1-2-8(7)11)9(12)4-13-5-9/h1-3,12H,4-5H2. The molecule has 0 atom stereocenters. The quantitative estimate of drug-likeness (QED) is 0.819. The van der Waals surface area contributed by atoms with Crippen molar-refractivity contribution in [3.8, 4) is 0 Å². The maximum atomic E-state index is 12.8. The Hall–Kier alpha value is -0.450. The Labute approximate surface area is 83.5 Å². The van der Waals surface area contributed by atoms with Crippen LogP contribution in [0.15, 0.2) is 22.7 Å². The Morgan fingerprint density at radius 3 is 2.62 bits per heavy atom. The van der Waals surface area contributed by atoms with Crippen LogP contribution >= 0.6 is 15.9 Å². The Bertz CT molecular complexity index is 336. The second-order valence-corrected chi connectivity index (χ2v) is 4.01. The molecule has 0 aliphatic carbocycles. The van der Waals surface area contributed by atoms with Gasteiger partial charge >= 0.3 is 0 Å². The van der Waals surface area contributed by atoms with E-state index in [-0.39, 0.29) is 19.0 Å². The maximum Gasteiger partial charge on any atom is 0.137 e. The van der Waals surface area contributed by atoms with Crippen molar-refractivity contribution in [1.29, 1.82) is 0 Å². The van der Waals surface area contributed by atoms with Gasteiger partial charge in [-0.15, -0.1) is 0 Å². The minimum atomic E-state index is -0.920. The summed E-state index contributed by atoms with van der Waals surface area (Å²) in [5.41, 5.74) is -0.233. The molecule has 0 aromatic heterocycles. The van der Waals surface area contributed by atoms with Crippen molar-refractivity contribution in [2.75, 3.05) is 13.2 Å². The van der Waals surface area contributed by atoms with Crippen molar-refractivity contribution >= 4 is 15.9 Å². The smallest absolute Gasteiger partial charge is 0.137 e. The van der Waals surface area contributed by atoms with Crippen molar-refractivity contribution in [3.63, 3.8) is 0 Å². The molecular weight excluding hydrogens is 239 g/mol. The number of aliphatic hydroxyl groups is 1. The van der Waals surface area contributed by atoms with Gasteiger partial charge in [-0.1, -0.05) is 6.07 Å². The summed E-state index contributed by atoms with van der Waals surface area (Å²) in [5, 5.41) is 9.83. The van der Waals surface area contributed by atoms with Gasteiger partial charge in [-0.25, -0.2) is 4.39 Å². The number of rotatable bonds is 1. The van der Waals surface area contributed by atoms with E-state index < -0.39 is 5.60 Å². The fourth-order valence-electron chi connectivity index (χ4n) is 1.25. The summed E-state index contributed by atoms with van der Waals surface area (Å²) in [5.74, 6) is -0.326. The van der Waals surface area contributed by atoms with Gasteiger partial charge in [0.2, 0.25) is 0 Å². The lowest BCUT2D eigenvalue weighted by Gasteiger charge is -2.36. The molecule has 1 saturated heterocycles. The minimum absolute atomic E-state index is 0.283. The molecule has 2 nitrogen and oxygen atoms in total. The summed E-state index contributed by atoms with van der Waals surface area (Å²) in [7, 11) is 0. The third-order valence-corrected chi connectivity index (χ3v) is 2.75. The van der Waals surface area contributed by atoms with Crippen LogP contribution in [0.4, 0.5) is 4.39 Å². The van der Waals surface area contributed by atoms with Gasteiger partial charge in [-0.05, 0) is 33.6 Å². The highest BCUT2D eigenvalue weighted by Crippen LogP contribution is 2.31. The van der Waals surface area contributed by atoms with E-state index in [1.165, 1.54) is 6.07 Å². The lowest BCUT2D eigenvalue weighted by molar-refractivity contribution is -0.184. The molecule has 1 aromatic rings. The van der Waals surface area contributed by atoms with Gasteiger partial charge in [0.25, 0.3) is 0 Å². The largest absolute Gasteiger partial charge is 0.380 e. The molecule has 4 heteroatoms. The monoisotopic (exact) mass is 246 g/mol. The van der Waals surface area contributed by atoms with Crippen molar-refractivity contribution in [1.82, 2.24) is 0 Å². The van der Waals surface area contributed by atoms with Crippen molar-refractivity contribution in [2.45, 2.75) is 5.60 Å².